The SMILES string of the molecule is O=C1C=C[C@@H]2O[C@@H](c3ccccc3)[C@@H](O)[C@@H]2O1. The van der Waals surface area contributed by atoms with Gasteiger partial charge in [0, 0.05) is 6.08 Å². The standard InChI is InChI=1S/C13H12O4/c14-10-7-6-9-13(17-10)11(15)12(16-9)8-4-2-1-3-5-8/h1-7,9,11-13,15H/t9-,11+,12-,13+/m0/s1. The van der Waals surface area contributed by atoms with Crippen molar-refractivity contribution >= 4 is 5.97 Å². The molecular weight excluding hydrogens is 220 g/mol. The number of aliphatic hydroxyl groups excluding tert-OH is 1. The molecule has 0 radical (unpaired) electrons. The summed E-state index contributed by atoms with van der Waals surface area (Å²) in [6, 6.07) is 9.44. The van der Waals surface area contributed by atoms with Crippen LogP contribution in [0, 0.1) is 0 Å². The van der Waals surface area contributed by atoms with Gasteiger partial charge in [0.05, 0.1) is 0 Å². The number of fused-ring (bicyclic) bond motifs is 1. The minimum Gasteiger partial charge on any atom is -0.453 e. The van der Waals surface area contributed by atoms with E-state index < -0.39 is 24.3 Å². The number of ether oxygens (including phenoxy) is 2. The van der Waals surface area contributed by atoms with Crippen molar-refractivity contribution in [3.05, 3.63) is 48.0 Å². The number of hydrogen-bond acceptors (Lipinski definition) is 4. The van der Waals surface area contributed by atoms with E-state index in [-0.39, 0.29) is 6.10 Å². The molecule has 0 aliphatic carbocycles. The summed E-state index contributed by atoms with van der Waals surface area (Å²) in [4.78, 5) is 11.1. The van der Waals surface area contributed by atoms with Crippen LogP contribution in [0.15, 0.2) is 42.5 Å². The van der Waals surface area contributed by atoms with E-state index >= 15 is 0 Å². The van der Waals surface area contributed by atoms with Crippen LogP contribution in [-0.4, -0.2) is 29.4 Å². The van der Waals surface area contributed by atoms with Gasteiger partial charge in [-0.1, -0.05) is 30.3 Å². The van der Waals surface area contributed by atoms with E-state index in [0.717, 1.165) is 5.56 Å². The van der Waals surface area contributed by atoms with Crippen molar-refractivity contribution in [1.82, 2.24) is 0 Å². The largest absolute Gasteiger partial charge is 0.453 e. The highest BCUT2D eigenvalue weighted by Gasteiger charge is 2.46. The molecule has 4 atom stereocenters. The van der Waals surface area contributed by atoms with Crippen LogP contribution < -0.4 is 0 Å². The predicted molar refractivity (Wildman–Crippen MR) is 59.1 cm³/mol. The number of carbonyl (C=O) groups is 1. The molecule has 2 heterocycles. The van der Waals surface area contributed by atoms with E-state index in [4.69, 9.17) is 9.47 Å². The number of rotatable bonds is 1. The van der Waals surface area contributed by atoms with Gasteiger partial charge in [0.25, 0.3) is 0 Å². The Labute approximate surface area is 98.5 Å². The van der Waals surface area contributed by atoms with Crippen molar-refractivity contribution in [1.29, 1.82) is 0 Å². The maximum Gasteiger partial charge on any atom is 0.330 e. The van der Waals surface area contributed by atoms with Gasteiger partial charge in [0.1, 0.15) is 18.3 Å². The zero-order chi connectivity index (χ0) is 11.8. The Morgan fingerprint density at radius 3 is 2.71 bits per heavy atom. The van der Waals surface area contributed by atoms with Crippen LogP contribution in [0.2, 0.25) is 0 Å². The topological polar surface area (TPSA) is 55.8 Å². The van der Waals surface area contributed by atoms with Crippen LogP contribution in [0.3, 0.4) is 0 Å². The molecule has 1 aromatic carbocycles. The third-order valence-corrected chi connectivity index (χ3v) is 3.08. The Bertz CT molecular complexity index is 454. The normalized spacial score (nSPS) is 35.5. The molecule has 2 aliphatic rings. The Morgan fingerprint density at radius 1 is 1.18 bits per heavy atom. The second kappa shape index (κ2) is 3.98. The Kier molecular flexibility index (Phi) is 2.46. The molecule has 1 saturated heterocycles. The highest BCUT2D eigenvalue weighted by molar-refractivity contribution is 5.83. The Hall–Kier alpha value is -1.65. The molecule has 0 unspecified atom stereocenters. The highest BCUT2D eigenvalue weighted by Crippen LogP contribution is 2.36. The van der Waals surface area contributed by atoms with Gasteiger partial charge < -0.3 is 14.6 Å². The summed E-state index contributed by atoms with van der Waals surface area (Å²) in [5.41, 5.74) is 0.888. The van der Waals surface area contributed by atoms with E-state index in [2.05, 4.69) is 0 Å². The molecule has 0 amide bonds. The smallest absolute Gasteiger partial charge is 0.330 e. The first-order chi connectivity index (χ1) is 8.25. The lowest BCUT2D eigenvalue weighted by atomic mass is 10.0. The summed E-state index contributed by atoms with van der Waals surface area (Å²) in [6.07, 6.45) is 0.757. The minimum atomic E-state index is -0.823. The van der Waals surface area contributed by atoms with Crippen molar-refractivity contribution in [2.45, 2.75) is 24.4 Å². The molecule has 4 nitrogen and oxygen atoms in total. The van der Waals surface area contributed by atoms with Gasteiger partial charge in [-0.25, -0.2) is 4.79 Å². The molecule has 1 N–H and O–H groups in total. The van der Waals surface area contributed by atoms with Gasteiger partial charge in [-0.2, -0.15) is 0 Å². The summed E-state index contributed by atoms with van der Waals surface area (Å²) >= 11 is 0. The van der Waals surface area contributed by atoms with E-state index in [1.54, 1.807) is 6.08 Å². The minimum absolute atomic E-state index is 0.354. The molecular formula is C13H12O4. The first kappa shape index (κ1) is 10.5. The first-order valence-corrected chi connectivity index (χ1v) is 5.53. The van der Waals surface area contributed by atoms with E-state index in [1.165, 1.54) is 6.08 Å². The third-order valence-electron chi connectivity index (χ3n) is 3.08. The summed E-state index contributed by atoms with van der Waals surface area (Å²) in [5, 5.41) is 10.1. The van der Waals surface area contributed by atoms with Crippen molar-refractivity contribution in [3.63, 3.8) is 0 Å². The van der Waals surface area contributed by atoms with Crippen LogP contribution in [-0.2, 0) is 14.3 Å². The van der Waals surface area contributed by atoms with E-state index in [0.29, 0.717) is 0 Å². The molecule has 0 bridgehead atoms. The number of hydrogen-bond donors (Lipinski definition) is 1. The fourth-order valence-electron chi connectivity index (χ4n) is 2.25. The first-order valence-electron chi connectivity index (χ1n) is 5.53. The fraction of sp³-hybridized carbons (Fsp3) is 0.308. The number of esters is 1. The summed E-state index contributed by atoms with van der Waals surface area (Å²) in [7, 11) is 0. The molecule has 3 rings (SSSR count). The second-order valence-corrected chi connectivity index (χ2v) is 4.18. The maximum atomic E-state index is 11.1. The third kappa shape index (κ3) is 1.75. The molecule has 0 aromatic heterocycles. The van der Waals surface area contributed by atoms with Gasteiger partial charge in [0.15, 0.2) is 6.10 Å². The number of carbonyl (C=O) groups excluding carboxylic acids is 1. The predicted octanol–water partition coefficient (Wildman–Crippen LogP) is 0.969. The lowest BCUT2D eigenvalue weighted by Crippen LogP contribution is -2.36. The molecule has 4 heteroatoms. The van der Waals surface area contributed by atoms with Crippen LogP contribution in [0.25, 0.3) is 0 Å². The number of benzene rings is 1. The number of aliphatic hydroxyl groups is 1. The van der Waals surface area contributed by atoms with Crippen LogP contribution in [0.5, 0.6) is 0 Å². The van der Waals surface area contributed by atoms with Crippen LogP contribution in [0.1, 0.15) is 11.7 Å². The Morgan fingerprint density at radius 2 is 1.94 bits per heavy atom. The lowest BCUT2D eigenvalue weighted by Gasteiger charge is -2.20. The molecule has 88 valence electrons. The average Bonchev–Trinajstić information content (AvgIpc) is 2.68. The fourth-order valence-corrected chi connectivity index (χ4v) is 2.25. The quantitative estimate of drug-likeness (QED) is 0.733. The highest BCUT2D eigenvalue weighted by atomic mass is 16.6. The van der Waals surface area contributed by atoms with Gasteiger partial charge in [-0.05, 0) is 11.6 Å². The van der Waals surface area contributed by atoms with Crippen LogP contribution >= 0.6 is 0 Å². The Balaban J connectivity index is 1.87. The zero-order valence-corrected chi connectivity index (χ0v) is 9.02. The molecule has 1 fully saturated rings. The molecule has 0 saturated carbocycles. The van der Waals surface area contributed by atoms with Crippen LogP contribution in [0.4, 0.5) is 0 Å². The van der Waals surface area contributed by atoms with Gasteiger partial charge >= 0.3 is 5.97 Å². The lowest BCUT2D eigenvalue weighted by molar-refractivity contribution is -0.150. The molecule has 1 aromatic rings. The maximum absolute atomic E-state index is 11.1. The van der Waals surface area contributed by atoms with Crippen molar-refractivity contribution in [2.75, 3.05) is 0 Å². The average molecular weight is 232 g/mol. The van der Waals surface area contributed by atoms with Crippen molar-refractivity contribution in [3.8, 4) is 0 Å². The van der Waals surface area contributed by atoms with Crippen molar-refractivity contribution in [2.24, 2.45) is 0 Å². The zero-order valence-electron chi connectivity index (χ0n) is 9.02. The van der Waals surface area contributed by atoms with Gasteiger partial charge in [-0.15, -0.1) is 0 Å². The van der Waals surface area contributed by atoms with Gasteiger partial charge in [-0.3, -0.25) is 0 Å². The molecule has 0 spiro atoms. The molecule has 17 heavy (non-hydrogen) atoms. The molecule has 2 aliphatic heterocycles. The summed E-state index contributed by atoms with van der Waals surface area (Å²) in [6.45, 7) is 0. The van der Waals surface area contributed by atoms with Crippen molar-refractivity contribution < 1.29 is 19.4 Å². The van der Waals surface area contributed by atoms with E-state index in [1.807, 2.05) is 30.3 Å². The van der Waals surface area contributed by atoms with Gasteiger partial charge in [0.2, 0.25) is 0 Å². The monoisotopic (exact) mass is 232 g/mol. The summed E-state index contributed by atoms with van der Waals surface area (Å²) in [5.74, 6) is -0.428. The van der Waals surface area contributed by atoms with E-state index in [9.17, 15) is 9.90 Å². The summed E-state index contributed by atoms with van der Waals surface area (Å²) < 4.78 is 10.8. The second-order valence-electron chi connectivity index (χ2n) is 4.18.